The van der Waals surface area contributed by atoms with Gasteiger partial charge in [-0.25, -0.2) is 13.1 Å². The van der Waals surface area contributed by atoms with Gasteiger partial charge in [-0.05, 0) is 36.6 Å². The Kier molecular flexibility index (Phi) is 6.66. The molecule has 0 spiro atoms. The second-order valence-electron chi connectivity index (χ2n) is 6.52. The monoisotopic (exact) mass is 404 g/mol. The molecule has 1 aliphatic rings. The van der Waals surface area contributed by atoms with Gasteiger partial charge in [-0.15, -0.1) is 0 Å². The highest BCUT2D eigenvalue weighted by molar-refractivity contribution is 7.89. The van der Waals surface area contributed by atoms with E-state index < -0.39 is 10.0 Å². The maximum Gasteiger partial charge on any atom is 0.251 e. The highest BCUT2D eigenvalue weighted by Gasteiger charge is 2.22. The molecule has 0 radical (unpaired) electrons. The zero-order chi connectivity index (χ0) is 20.0. The number of carbonyl (C=O) groups excluding carboxylic acids is 1. The molecule has 3 rings (SSSR count). The molecule has 1 amide bonds. The minimum absolute atomic E-state index is 0.0120. The average molecular weight is 404 g/mol. The van der Waals surface area contributed by atoms with Crippen LogP contribution in [-0.4, -0.2) is 40.7 Å². The fourth-order valence-corrected chi connectivity index (χ4v) is 4.20. The summed E-state index contributed by atoms with van der Waals surface area (Å²) in [4.78, 5) is 12.4. The summed E-state index contributed by atoms with van der Waals surface area (Å²) in [5, 5.41) is 2.79. The third-order valence-electron chi connectivity index (χ3n) is 4.54. The lowest BCUT2D eigenvalue weighted by atomic mass is 10.2. The summed E-state index contributed by atoms with van der Waals surface area (Å²) in [6, 6.07) is 13.5. The van der Waals surface area contributed by atoms with Gasteiger partial charge in [0.25, 0.3) is 5.91 Å². The molecule has 2 aromatic rings. The third kappa shape index (κ3) is 5.09. The predicted octanol–water partition coefficient (Wildman–Crippen LogP) is 2.08. The largest absolute Gasteiger partial charge is 0.495 e. The Hall–Kier alpha value is -2.42. The first-order valence-electron chi connectivity index (χ1n) is 9.11. The highest BCUT2D eigenvalue weighted by atomic mass is 32.2. The second kappa shape index (κ2) is 9.18. The van der Waals surface area contributed by atoms with E-state index in [0.29, 0.717) is 13.2 Å². The van der Waals surface area contributed by atoms with Crippen molar-refractivity contribution in [3.05, 3.63) is 59.7 Å². The normalized spacial score (nSPS) is 16.7. The molecule has 1 unspecified atom stereocenters. The first-order chi connectivity index (χ1) is 13.5. The average Bonchev–Trinajstić information content (AvgIpc) is 3.24. The Labute approximate surface area is 165 Å². The van der Waals surface area contributed by atoms with Gasteiger partial charge in [-0.1, -0.05) is 30.3 Å². The summed E-state index contributed by atoms with van der Waals surface area (Å²) in [7, 11) is -2.48. The van der Waals surface area contributed by atoms with Crippen LogP contribution in [0.1, 0.15) is 28.8 Å². The van der Waals surface area contributed by atoms with Gasteiger partial charge in [-0.2, -0.15) is 0 Å². The number of rotatable bonds is 8. The number of benzene rings is 2. The predicted molar refractivity (Wildman–Crippen MR) is 105 cm³/mol. The Morgan fingerprint density at radius 3 is 2.68 bits per heavy atom. The minimum atomic E-state index is -3.87. The van der Waals surface area contributed by atoms with E-state index in [-0.39, 0.29) is 34.8 Å². The molecule has 2 aromatic carbocycles. The van der Waals surface area contributed by atoms with Crippen molar-refractivity contribution >= 4 is 15.9 Å². The van der Waals surface area contributed by atoms with Gasteiger partial charge in [-0.3, -0.25) is 4.79 Å². The van der Waals surface area contributed by atoms with Crippen LogP contribution in [0.3, 0.4) is 0 Å². The number of carbonyl (C=O) groups is 1. The maximum absolute atomic E-state index is 12.8. The molecule has 0 saturated carbocycles. The number of hydrogen-bond acceptors (Lipinski definition) is 5. The van der Waals surface area contributed by atoms with Crippen LogP contribution in [0.2, 0.25) is 0 Å². The molecule has 1 atom stereocenters. The zero-order valence-corrected chi connectivity index (χ0v) is 16.5. The van der Waals surface area contributed by atoms with Gasteiger partial charge in [0.2, 0.25) is 10.0 Å². The van der Waals surface area contributed by atoms with Crippen molar-refractivity contribution in [1.29, 1.82) is 0 Å². The summed E-state index contributed by atoms with van der Waals surface area (Å²) < 4.78 is 38.8. The second-order valence-corrected chi connectivity index (χ2v) is 8.26. The third-order valence-corrected chi connectivity index (χ3v) is 5.96. The van der Waals surface area contributed by atoms with Crippen LogP contribution in [0.25, 0.3) is 0 Å². The van der Waals surface area contributed by atoms with E-state index in [0.717, 1.165) is 18.4 Å². The molecule has 0 aromatic heterocycles. The lowest BCUT2D eigenvalue weighted by Gasteiger charge is -2.14. The van der Waals surface area contributed by atoms with Crippen molar-refractivity contribution in [3.63, 3.8) is 0 Å². The van der Waals surface area contributed by atoms with Gasteiger partial charge in [0, 0.05) is 25.3 Å². The van der Waals surface area contributed by atoms with Crippen molar-refractivity contribution in [2.24, 2.45) is 0 Å². The first-order valence-corrected chi connectivity index (χ1v) is 10.6. The molecule has 150 valence electrons. The van der Waals surface area contributed by atoms with Crippen molar-refractivity contribution < 1.29 is 22.7 Å². The molecule has 1 fully saturated rings. The SMILES string of the molecule is COc1ccc(C(=O)NCC2CCCO2)cc1S(=O)(=O)NCc1ccccc1. The number of methoxy groups -OCH3 is 1. The quantitative estimate of drug-likeness (QED) is 0.703. The Balaban J connectivity index is 1.74. The van der Waals surface area contributed by atoms with E-state index in [1.807, 2.05) is 30.3 Å². The fourth-order valence-electron chi connectivity index (χ4n) is 2.99. The molecular weight excluding hydrogens is 380 g/mol. The van der Waals surface area contributed by atoms with Gasteiger partial charge in [0.15, 0.2) is 0 Å². The van der Waals surface area contributed by atoms with Crippen molar-refractivity contribution in [3.8, 4) is 5.75 Å². The standard InChI is InChI=1S/C20H24N2O5S/c1-26-18-10-9-16(20(23)21-14-17-8-5-11-27-17)12-19(18)28(24,25)22-13-15-6-3-2-4-7-15/h2-4,6-7,9-10,12,17,22H,5,8,11,13-14H2,1H3,(H,21,23). The lowest BCUT2D eigenvalue weighted by Crippen LogP contribution is -2.32. The molecular formula is C20H24N2O5S. The van der Waals surface area contributed by atoms with E-state index in [9.17, 15) is 13.2 Å². The number of amides is 1. The number of sulfonamides is 1. The molecule has 0 bridgehead atoms. The number of hydrogen-bond donors (Lipinski definition) is 2. The fraction of sp³-hybridized carbons (Fsp3) is 0.350. The molecule has 2 N–H and O–H groups in total. The van der Waals surface area contributed by atoms with E-state index >= 15 is 0 Å². The van der Waals surface area contributed by atoms with Crippen LogP contribution in [0.5, 0.6) is 5.75 Å². The van der Waals surface area contributed by atoms with Crippen LogP contribution in [0.15, 0.2) is 53.4 Å². The molecule has 1 heterocycles. The van der Waals surface area contributed by atoms with Gasteiger partial charge >= 0.3 is 0 Å². The van der Waals surface area contributed by atoms with E-state index in [1.54, 1.807) is 6.07 Å². The zero-order valence-electron chi connectivity index (χ0n) is 15.7. The van der Waals surface area contributed by atoms with Crippen molar-refractivity contribution in [2.75, 3.05) is 20.3 Å². The molecule has 1 saturated heterocycles. The van der Waals surface area contributed by atoms with Crippen LogP contribution in [0.4, 0.5) is 0 Å². The van der Waals surface area contributed by atoms with E-state index in [2.05, 4.69) is 10.0 Å². The minimum Gasteiger partial charge on any atom is -0.495 e. The number of ether oxygens (including phenoxy) is 2. The summed E-state index contributed by atoms with van der Waals surface area (Å²) in [5.74, 6) is -0.172. The summed E-state index contributed by atoms with van der Waals surface area (Å²) in [6.45, 7) is 1.25. The topological polar surface area (TPSA) is 93.7 Å². The molecule has 8 heteroatoms. The molecule has 1 aliphatic heterocycles. The summed E-state index contributed by atoms with van der Waals surface area (Å²) >= 11 is 0. The Morgan fingerprint density at radius 2 is 2.00 bits per heavy atom. The first kappa shape index (κ1) is 20.3. The van der Waals surface area contributed by atoms with Gasteiger partial charge in [0.1, 0.15) is 10.6 Å². The van der Waals surface area contributed by atoms with Crippen LogP contribution in [0, 0.1) is 0 Å². The maximum atomic E-state index is 12.8. The van der Waals surface area contributed by atoms with Crippen LogP contribution >= 0.6 is 0 Å². The smallest absolute Gasteiger partial charge is 0.251 e. The lowest BCUT2D eigenvalue weighted by molar-refractivity contribution is 0.0857. The Bertz CT molecular complexity index is 909. The summed E-state index contributed by atoms with van der Waals surface area (Å²) in [6.07, 6.45) is 1.91. The number of nitrogens with one attached hydrogen (secondary N) is 2. The van der Waals surface area contributed by atoms with Crippen molar-refractivity contribution in [2.45, 2.75) is 30.4 Å². The Morgan fingerprint density at radius 1 is 1.21 bits per heavy atom. The van der Waals surface area contributed by atoms with Gasteiger partial charge < -0.3 is 14.8 Å². The summed E-state index contributed by atoms with van der Waals surface area (Å²) in [5.41, 5.74) is 1.08. The van der Waals surface area contributed by atoms with Crippen LogP contribution < -0.4 is 14.8 Å². The highest BCUT2D eigenvalue weighted by Crippen LogP contribution is 2.25. The van der Waals surface area contributed by atoms with Crippen LogP contribution in [-0.2, 0) is 21.3 Å². The van der Waals surface area contributed by atoms with Crippen molar-refractivity contribution in [1.82, 2.24) is 10.0 Å². The van der Waals surface area contributed by atoms with E-state index in [4.69, 9.17) is 9.47 Å². The molecule has 7 nitrogen and oxygen atoms in total. The molecule has 28 heavy (non-hydrogen) atoms. The molecule has 0 aliphatic carbocycles. The van der Waals surface area contributed by atoms with Gasteiger partial charge in [0.05, 0.1) is 13.2 Å². The van der Waals surface area contributed by atoms with E-state index in [1.165, 1.54) is 19.2 Å².